The van der Waals surface area contributed by atoms with Crippen molar-refractivity contribution in [3.8, 4) is 0 Å². The van der Waals surface area contributed by atoms with E-state index in [9.17, 15) is 24.0 Å². The number of nitrogens with one attached hydrogen (secondary N) is 2. The third kappa shape index (κ3) is 6.73. The second kappa shape index (κ2) is 13.6. The number of carbonyl (C=O) groups excluding carboxylic acids is 5. The largest absolute Gasteiger partial charge is 0.456 e. The number of carbonyl (C=O) groups is 5. The number of ether oxygens (including phenoxy) is 1. The summed E-state index contributed by atoms with van der Waals surface area (Å²) in [6.07, 6.45) is 0. The van der Waals surface area contributed by atoms with Crippen LogP contribution < -0.4 is 26.2 Å². The lowest BCUT2D eigenvalue weighted by atomic mass is 9.76. The summed E-state index contributed by atoms with van der Waals surface area (Å²) in [6, 6.07) is 27.4. The number of urea groups is 1. The lowest BCUT2D eigenvalue weighted by molar-refractivity contribution is -0.134. The maximum atomic E-state index is 15.0. The molecule has 4 N–H and O–H groups in total. The van der Waals surface area contributed by atoms with Gasteiger partial charge in [0.25, 0.3) is 11.8 Å². The normalized spacial score (nSPS) is 15.9. The van der Waals surface area contributed by atoms with Crippen molar-refractivity contribution in [3.05, 3.63) is 120 Å². The van der Waals surface area contributed by atoms with Crippen molar-refractivity contribution < 1.29 is 28.7 Å². The number of nitrogens with zero attached hydrogens (tertiary/aromatic N) is 2. The molecule has 5 rings (SSSR count). The fourth-order valence-electron chi connectivity index (χ4n) is 6.08. The minimum absolute atomic E-state index is 0.192. The van der Waals surface area contributed by atoms with Gasteiger partial charge in [0.1, 0.15) is 5.60 Å². The molecule has 0 aliphatic carbocycles. The van der Waals surface area contributed by atoms with E-state index in [1.807, 2.05) is 0 Å². The number of primary amides is 1. The van der Waals surface area contributed by atoms with Crippen molar-refractivity contribution in [2.24, 2.45) is 11.7 Å². The van der Waals surface area contributed by atoms with E-state index in [2.05, 4.69) is 10.6 Å². The summed E-state index contributed by atoms with van der Waals surface area (Å²) in [5, 5.41) is 5.18. The molecule has 0 saturated heterocycles. The molecule has 0 bridgehead atoms. The Morgan fingerprint density at radius 2 is 1.37 bits per heavy atom. The molecule has 252 valence electrons. The highest BCUT2D eigenvalue weighted by molar-refractivity contribution is 6.25. The highest BCUT2D eigenvalue weighted by Crippen LogP contribution is 2.46. The number of hydrogen-bond donors (Lipinski definition) is 3. The maximum Gasteiger partial charge on any atom is 0.338 e. The molecule has 0 aromatic heterocycles. The van der Waals surface area contributed by atoms with Gasteiger partial charge in [-0.25, -0.2) is 9.59 Å². The van der Waals surface area contributed by atoms with E-state index in [4.69, 9.17) is 10.5 Å². The molecule has 1 aliphatic rings. The number of fused-ring (bicyclic) bond motifs is 1. The number of esters is 1. The van der Waals surface area contributed by atoms with E-state index in [-0.39, 0.29) is 16.9 Å². The van der Waals surface area contributed by atoms with E-state index >= 15 is 0 Å². The number of nitrogens with two attached hydrogens (primary N) is 1. The Kier molecular flexibility index (Phi) is 9.56. The highest BCUT2D eigenvalue weighted by atomic mass is 16.6. The van der Waals surface area contributed by atoms with Gasteiger partial charge >= 0.3 is 12.0 Å². The van der Waals surface area contributed by atoms with Gasteiger partial charge in [0, 0.05) is 11.4 Å². The smallest absolute Gasteiger partial charge is 0.338 e. The molecule has 2 unspecified atom stereocenters. The topological polar surface area (TPSA) is 151 Å². The Hall–Kier alpha value is -5.97. The predicted octanol–water partition coefficient (Wildman–Crippen LogP) is 5.88. The van der Waals surface area contributed by atoms with Gasteiger partial charge in [-0.15, -0.1) is 0 Å². The third-order valence-corrected chi connectivity index (χ3v) is 8.12. The molecule has 4 aromatic rings. The van der Waals surface area contributed by atoms with Crippen molar-refractivity contribution in [2.45, 2.75) is 51.8 Å². The molecule has 0 saturated carbocycles. The summed E-state index contributed by atoms with van der Waals surface area (Å²) in [5.74, 6) is -3.63. The number of anilines is 4. The van der Waals surface area contributed by atoms with Crippen LogP contribution in [0.2, 0.25) is 0 Å². The Morgan fingerprint density at radius 3 is 1.96 bits per heavy atom. The van der Waals surface area contributed by atoms with Crippen LogP contribution in [0.25, 0.3) is 0 Å². The lowest BCUT2D eigenvalue weighted by Gasteiger charge is -2.45. The third-order valence-electron chi connectivity index (χ3n) is 8.12. The van der Waals surface area contributed by atoms with Gasteiger partial charge in [-0.1, -0.05) is 80.6 Å². The summed E-state index contributed by atoms with van der Waals surface area (Å²) in [4.78, 5) is 72.3. The number of amides is 5. The fraction of sp³-hybridized carbons (Fsp3) is 0.237. The van der Waals surface area contributed by atoms with Crippen molar-refractivity contribution in [1.82, 2.24) is 5.32 Å². The average Bonchev–Trinajstić information content (AvgIpc) is 3.14. The zero-order valence-corrected chi connectivity index (χ0v) is 28.0. The molecule has 0 radical (unpaired) electrons. The summed E-state index contributed by atoms with van der Waals surface area (Å²) < 4.78 is 5.45. The standard InChI is InChI=1S/C38H39N5O6/c1-24(2)38(35(39)47,26-16-8-6-9-17-26)43-30-22-13-12-21-29(30)42(28-19-10-7-11-20-28)32(44)31(33(43)45)41-36(48)40-27-18-14-15-25(23-27)34(46)49-37(3,4)5/h6-24,31H,1-5H3,(H2,39,47)(H2,40,41,48). The molecule has 11 heteroatoms. The van der Waals surface area contributed by atoms with Crippen LogP contribution in [-0.2, 0) is 24.7 Å². The van der Waals surface area contributed by atoms with Crippen molar-refractivity contribution in [2.75, 3.05) is 15.1 Å². The molecule has 0 spiro atoms. The molecule has 1 heterocycles. The summed E-state index contributed by atoms with van der Waals surface area (Å²) in [7, 11) is 0. The molecule has 2 atom stereocenters. The Bertz CT molecular complexity index is 1890. The van der Waals surface area contributed by atoms with Gasteiger partial charge in [0.05, 0.1) is 16.9 Å². The lowest BCUT2D eigenvalue weighted by Crippen LogP contribution is -2.65. The Morgan fingerprint density at radius 1 is 0.776 bits per heavy atom. The maximum absolute atomic E-state index is 15.0. The zero-order valence-electron chi connectivity index (χ0n) is 28.0. The molecule has 5 amide bonds. The number of para-hydroxylation sites is 3. The van der Waals surface area contributed by atoms with E-state index in [0.717, 1.165) is 0 Å². The molecule has 49 heavy (non-hydrogen) atoms. The highest BCUT2D eigenvalue weighted by Gasteiger charge is 2.55. The zero-order chi connectivity index (χ0) is 35.5. The second-order valence-electron chi connectivity index (χ2n) is 12.9. The van der Waals surface area contributed by atoms with E-state index < -0.39 is 52.8 Å². The van der Waals surface area contributed by atoms with Crippen LogP contribution in [0.3, 0.4) is 0 Å². The SMILES string of the molecule is CC(C)C(C(N)=O)(c1ccccc1)N1C(=O)C(NC(=O)Nc2cccc(C(=O)OC(C)(C)C)c2)C(=O)N(c2ccccc2)c2ccccc21. The van der Waals surface area contributed by atoms with Gasteiger partial charge in [-0.05, 0) is 74.7 Å². The van der Waals surface area contributed by atoms with Crippen molar-refractivity contribution >= 4 is 52.5 Å². The van der Waals surface area contributed by atoms with Gasteiger partial charge in [0.15, 0.2) is 11.6 Å². The van der Waals surface area contributed by atoms with Crippen LogP contribution in [0.1, 0.15) is 50.5 Å². The van der Waals surface area contributed by atoms with E-state index in [0.29, 0.717) is 16.9 Å². The molecule has 0 fully saturated rings. The number of hydrogen-bond acceptors (Lipinski definition) is 6. The van der Waals surface area contributed by atoms with Gasteiger partial charge in [-0.2, -0.15) is 0 Å². The molecule has 1 aliphatic heterocycles. The first-order valence-electron chi connectivity index (χ1n) is 15.8. The van der Waals surface area contributed by atoms with Crippen LogP contribution in [0.15, 0.2) is 109 Å². The van der Waals surface area contributed by atoms with Crippen molar-refractivity contribution in [1.29, 1.82) is 0 Å². The van der Waals surface area contributed by atoms with E-state index in [1.165, 1.54) is 15.9 Å². The van der Waals surface area contributed by atoms with Crippen molar-refractivity contribution in [3.63, 3.8) is 0 Å². The minimum Gasteiger partial charge on any atom is -0.456 e. The Balaban J connectivity index is 1.63. The second-order valence-corrected chi connectivity index (χ2v) is 12.9. The number of benzene rings is 4. The van der Waals surface area contributed by atoms with Gasteiger partial charge < -0.3 is 21.1 Å². The van der Waals surface area contributed by atoms with Crippen LogP contribution in [0.4, 0.5) is 27.5 Å². The molecule has 4 aromatic carbocycles. The fourth-order valence-corrected chi connectivity index (χ4v) is 6.08. The number of rotatable bonds is 8. The molecular weight excluding hydrogens is 622 g/mol. The van der Waals surface area contributed by atoms with E-state index in [1.54, 1.807) is 138 Å². The minimum atomic E-state index is -1.82. The van der Waals surface area contributed by atoms with Crippen LogP contribution in [-0.4, -0.2) is 41.4 Å². The Labute approximate surface area is 285 Å². The molecule has 11 nitrogen and oxygen atoms in total. The van der Waals surface area contributed by atoms with Gasteiger partial charge in [-0.3, -0.25) is 24.2 Å². The quantitative estimate of drug-likeness (QED) is 0.159. The summed E-state index contributed by atoms with van der Waals surface area (Å²) in [6.45, 7) is 8.76. The van der Waals surface area contributed by atoms with Gasteiger partial charge in [0.2, 0.25) is 5.91 Å². The molecular formula is C38H39N5O6. The first-order chi connectivity index (χ1) is 23.3. The average molecular weight is 662 g/mol. The first kappa shape index (κ1) is 34.4. The summed E-state index contributed by atoms with van der Waals surface area (Å²) in [5.41, 5.74) is 5.56. The monoisotopic (exact) mass is 661 g/mol. The first-order valence-corrected chi connectivity index (χ1v) is 15.8. The predicted molar refractivity (Wildman–Crippen MR) is 187 cm³/mol. The van der Waals surface area contributed by atoms with Crippen LogP contribution >= 0.6 is 0 Å². The van der Waals surface area contributed by atoms with Crippen LogP contribution in [0.5, 0.6) is 0 Å². The van der Waals surface area contributed by atoms with Crippen LogP contribution in [0, 0.1) is 5.92 Å². The summed E-state index contributed by atoms with van der Waals surface area (Å²) >= 11 is 0.